The van der Waals surface area contributed by atoms with E-state index >= 15 is 0 Å². The normalized spacial score (nSPS) is 12.2. The molecule has 0 bridgehead atoms. The van der Waals surface area contributed by atoms with Gasteiger partial charge in [-0.3, -0.25) is 0 Å². The smallest absolute Gasteiger partial charge is 0.262 e. The molecular formula is C13H18BrN3O2S2. The Hall–Kier alpha value is -0.700. The van der Waals surface area contributed by atoms with Crippen LogP contribution in [0.3, 0.4) is 0 Å². The van der Waals surface area contributed by atoms with E-state index in [9.17, 15) is 8.42 Å². The van der Waals surface area contributed by atoms with Gasteiger partial charge in [-0.15, -0.1) is 11.3 Å². The third kappa shape index (κ3) is 3.74. The first-order valence-electron chi connectivity index (χ1n) is 6.57. The second kappa shape index (κ2) is 6.60. The van der Waals surface area contributed by atoms with Gasteiger partial charge in [0.1, 0.15) is 5.82 Å². The van der Waals surface area contributed by atoms with Gasteiger partial charge in [-0.25, -0.2) is 13.4 Å². The second-order valence-corrected chi connectivity index (χ2v) is 8.72. The summed E-state index contributed by atoms with van der Waals surface area (Å²) >= 11 is 4.90. The summed E-state index contributed by atoms with van der Waals surface area (Å²) in [5, 5.41) is 2.06. The van der Waals surface area contributed by atoms with Gasteiger partial charge in [-0.2, -0.15) is 4.31 Å². The third-order valence-corrected chi connectivity index (χ3v) is 6.45. The molecule has 5 nitrogen and oxygen atoms in total. The van der Waals surface area contributed by atoms with Crippen molar-refractivity contribution in [3.05, 3.63) is 32.8 Å². The quantitative estimate of drug-likeness (QED) is 0.759. The summed E-state index contributed by atoms with van der Waals surface area (Å²) in [4.78, 5) is 5.18. The van der Waals surface area contributed by atoms with E-state index in [1.807, 2.05) is 29.9 Å². The standard InChI is InChI=1S/C13H18BrN3O2S2/c1-4-5-17-8-13(15-10(17)2)21(18,19)16(3)7-12-6-11(14)9-20-12/h6,8-9H,4-5,7H2,1-3H3. The Bertz CT molecular complexity index is 722. The molecule has 2 rings (SSSR count). The first-order valence-corrected chi connectivity index (χ1v) is 9.69. The van der Waals surface area contributed by atoms with E-state index in [1.54, 1.807) is 13.2 Å². The number of aromatic nitrogens is 2. The molecule has 8 heteroatoms. The zero-order valence-electron chi connectivity index (χ0n) is 12.2. The van der Waals surface area contributed by atoms with Crippen LogP contribution in [0.4, 0.5) is 0 Å². The molecule has 2 heterocycles. The van der Waals surface area contributed by atoms with Crippen LogP contribution in [0.5, 0.6) is 0 Å². The van der Waals surface area contributed by atoms with Crippen molar-refractivity contribution in [3.8, 4) is 0 Å². The van der Waals surface area contributed by atoms with E-state index in [1.165, 1.54) is 15.6 Å². The lowest BCUT2D eigenvalue weighted by Gasteiger charge is -2.14. The number of rotatable bonds is 6. The van der Waals surface area contributed by atoms with Crippen LogP contribution in [0.15, 0.2) is 27.1 Å². The number of hydrogen-bond acceptors (Lipinski definition) is 4. The maximum Gasteiger partial charge on any atom is 0.262 e. The minimum atomic E-state index is -3.56. The molecule has 0 unspecified atom stereocenters. The first-order chi connectivity index (χ1) is 9.84. The van der Waals surface area contributed by atoms with Crippen molar-refractivity contribution in [3.63, 3.8) is 0 Å². The number of hydrogen-bond donors (Lipinski definition) is 0. The Balaban J connectivity index is 2.22. The van der Waals surface area contributed by atoms with E-state index in [4.69, 9.17) is 0 Å². The van der Waals surface area contributed by atoms with E-state index in [2.05, 4.69) is 20.9 Å². The molecule has 0 N–H and O–H groups in total. The molecule has 21 heavy (non-hydrogen) atoms. The minimum absolute atomic E-state index is 0.117. The summed E-state index contributed by atoms with van der Waals surface area (Å²) in [5.74, 6) is 0.725. The van der Waals surface area contributed by atoms with E-state index in [-0.39, 0.29) is 5.03 Å². The highest BCUT2D eigenvalue weighted by molar-refractivity contribution is 9.10. The number of thiophene rings is 1. The van der Waals surface area contributed by atoms with Gasteiger partial charge in [0.15, 0.2) is 5.03 Å². The van der Waals surface area contributed by atoms with Crippen LogP contribution in [-0.2, 0) is 23.1 Å². The highest BCUT2D eigenvalue weighted by atomic mass is 79.9. The molecule has 0 aliphatic heterocycles. The molecule has 0 aromatic carbocycles. The molecule has 0 saturated heterocycles. The fourth-order valence-corrected chi connectivity index (χ4v) is 4.69. The van der Waals surface area contributed by atoms with E-state index in [0.717, 1.165) is 28.1 Å². The molecule has 0 atom stereocenters. The fraction of sp³-hybridized carbons (Fsp3) is 0.462. The molecule has 0 aliphatic carbocycles. The van der Waals surface area contributed by atoms with Crippen molar-refractivity contribution in [2.45, 2.75) is 38.4 Å². The van der Waals surface area contributed by atoms with Crippen LogP contribution in [0.2, 0.25) is 0 Å². The van der Waals surface area contributed by atoms with Crippen LogP contribution in [-0.4, -0.2) is 29.3 Å². The van der Waals surface area contributed by atoms with Gasteiger partial charge in [-0.05, 0) is 35.3 Å². The molecule has 2 aromatic rings. The maximum absolute atomic E-state index is 12.6. The van der Waals surface area contributed by atoms with Crippen LogP contribution in [0.25, 0.3) is 0 Å². The Morgan fingerprint density at radius 2 is 2.19 bits per heavy atom. The fourth-order valence-electron chi connectivity index (χ4n) is 1.97. The average Bonchev–Trinajstić information content (AvgIpc) is 2.97. The molecule has 116 valence electrons. The van der Waals surface area contributed by atoms with Crippen molar-refractivity contribution in [1.29, 1.82) is 0 Å². The average molecular weight is 392 g/mol. The molecule has 0 fully saturated rings. The molecule has 0 saturated carbocycles. The summed E-state index contributed by atoms with van der Waals surface area (Å²) in [6.45, 7) is 4.99. The van der Waals surface area contributed by atoms with Gasteiger partial charge < -0.3 is 4.57 Å². The predicted octanol–water partition coefficient (Wildman–Crippen LogP) is 3.25. The Morgan fingerprint density at radius 3 is 2.76 bits per heavy atom. The monoisotopic (exact) mass is 391 g/mol. The summed E-state index contributed by atoms with van der Waals surface area (Å²) < 4.78 is 29.3. The molecule has 2 aromatic heterocycles. The third-order valence-electron chi connectivity index (χ3n) is 3.09. The van der Waals surface area contributed by atoms with Gasteiger partial charge in [0, 0.05) is 41.1 Å². The summed E-state index contributed by atoms with van der Waals surface area (Å²) in [6.07, 6.45) is 2.56. The SMILES string of the molecule is CCCn1cc(S(=O)(=O)N(C)Cc2cc(Br)cs2)nc1C. The van der Waals surface area contributed by atoms with Crippen LogP contribution in [0, 0.1) is 6.92 Å². The number of nitrogens with zero attached hydrogens (tertiary/aromatic N) is 3. The van der Waals surface area contributed by atoms with Crippen molar-refractivity contribution in [2.75, 3.05) is 7.05 Å². The lowest BCUT2D eigenvalue weighted by atomic mass is 10.5. The van der Waals surface area contributed by atoms with Crippen molar-refractivity contribution in [2.24, 2.45) is 0 Å². The lowest BCUT2D eigenvalue weighted by Crippen LogP contribution is -2.26. The number of sulfonamides is 1. The Labute approximate surface area is 137 Å². The number of imidazole rings is 1. The van der Waals surface area contributed by atoms with E-state index < -0.39 is 10.0 Å². The van der Waals surface area contributed by atoms with Gasteiger partial charge in [0.2, 0.25) is 0 Å². The highest BCUT2D eigenvalue weighted by Gasteiger charge is 2.25. The highest BCUT2D eigenvalue weighted by Crippen LogP contribution is 2.23. The van der Waals surface area contributed by atoms with Crippen LogP contribution >= 0.6 is 27.3 Å². The summed E-state index contributed by atoms with van der Waals surface area (Å²) in [7, 11) is -1.97. The van der Waals surface area contributed by atoms with E-state index in [0.29, 0.717) is 6.54 Å². The Morgan fingerprint density at radius 1 is 1.48 bits per heavy atom. The second-order valence-electron chi connectivity index (χ2n) is 4.81. The minimum Gasteiger partial charge on any atom is -0.334 e. The molecule has 0 amide bonds. The van der Waals surface area contributed by atoms with Crippen LogP contribution < -0.4 is 0 Å². The summed E-state index contributed by atoms with van der Waals surface area (Å²) in [5.41, 5.74) is 0. The van der Waals surface area contributed by atoms with Crippen LogP contribution in [0.1, 0.15) is 24.0 Å². The van der Waals surface area contributed by atoms with Crippen molar-refractivity contribution < 1.29 is 8.42 Å². The van der Waals surface area contributed by atoms with Gasteiger partial charge >= 0.3 is 0 Å². The zero-order valence-corrected chi connectivity index (χ0v) is 15.4. The summed E-state index contributed by atoms with van der Waals surface area (Å²) in [6, 6.07) is 1.93. The molecular weight excluding hydrogens is 374 g/mol. The van der Waals surface area contributed by atoms with Crippen molar-refractivity contribution >= 4 is 37.3 Å². The zero-order chi connectivity index (χ0) is 15.6. The van der Waals surface area contributed by atoms with Gasteiger partial charge in [0.25, 0.3) is 10.0 Å². The van der Waals surface area contributed by atoms with Crippen molar-refractivity contribution in [1.82, 2.24) is 13.9 Å². The molecule has 0 spiro atoms. The topological polar surface area (TPSA) is 55.2 Å². The number of halogens is 1. The predicted molar refractivity (Wildman–Crippen MR) is 87.9 cm³/mol. The molecule has 0 aliphatic rings. The van der Waals surface area contributed by atoms with Gasteiger partial charge in [0.05, 0.1) is 0 Å². The first kappa shape index (κ1) is 16.7. The lowest BCUT2D eigenvalue weighted by molar-refractivity contribution is 0.467. The number of aryl methyl sites for hydroxylation is 2. The van der Waals surface area contributed by atoms with Gasteiger partial charge in [-0.1, -0.05) is 6.92 Å². The maximum atomic E-state index is 12.6. The largest absolute Gasteiger partial charge is 0.334 e. The molecule has 0 radical (unpaired) electrons. The Kier molecular flexibility index (Phi) is 5.24.